The van der Waals surface area contributed by atoms with Crippen molar-refractivity contribution in [3.8, 4) is 0 Å². The lowest BCUT2D eigenvalue weighted by atomic mass is 9.84. The van der Waals surface area contributed by atoms with Crippen molar-refractivity contribution in [2.75, 3.05) is 20.8 Å². The van der Waals surface area contributed by atoms with Crippen molar-refractivity contribution >= 4 is 23.3 Å². The predicted octanol–water partition coefficient (Wildman–Crippen LogP) is 2.06. The number of thiophene rings is 1. The highest BCUT2D eigenvalue weighted by molar-refractivity contribution is 7.10. The van der Waals surface area contributed by atoms with E-state index in [1.807, 2.05) is 24.4 Å². The lowest BCUT2D eigenvalue weighted by Crippen LogP contribution is -2.36. The van der Waals surface area contributed by atoms with Gasteiger partial charge in [-0.1, -0.05) is 6.07 Å². The first kappa shape index (κ1) is 17.7. The molecule has 0 amide bonds. The Morgan fingerprint density at radius 1 is 1.24 bits per heavy atom. The molecule has 2 N–H and O–H groups in total. The fourth-order valence-corrected chi connectivity index (χ4v) is 3.88. The molecule has 0 spiro atoms. The van der Waals surface area contributed by atoms with E-state index < -0.39 is 17.9 Å². The van der Waals surface area contributed by atoms with Crippen LogP contribution >= 0.6 is 11.3 Å². The summed E-state index contributed by atoms with van der Waals surface area (Å²) in [6, 6.07) is 4.33. The van der Waals surface area contributed by atoms with E-state index in [2.05, 4.69) is 10.6 Å². The lowest BCUT2D eigenvalue weighted by molar-refractivity contribution is -0.137. The Morgan fingerprint density at radius 3 is 2.48 bits per heavy atom. The molecule has 0 saturated heterocycles. The second-order valence-corrected chi connectivity index (χ2v) is 7.12. The first-order valence-electron chi connectivity index (χ1n) is 8.21. The Morgan fingerprint density at radius 2 is 1.92 bits per heavy atom. The van der Waals surface area contributed by atoms with Gasteiger partial charge in [0.05, 0.1) is 31.3 Å². The molecule has 1 unspecified atom stereocenters. The van der Waals surface area contributed by atoms with Crippen molar-refractivity contribution in [3.05, 3.63) is 44.9 Å². The Balaban J connectivity index is 2.07. The Kier molecular flexibility index (Phi) is 5.24. The van der Waals surface area contributed by atoms with Gasteiger partial charge in [0, 0.05) is 28.9 Å². The molecule has 1 saturated carbocycles. The van der Waals surface area contributed by atoms with Crippen molar-refractivity contribution in [2.45, 2.75) is 31.7 Å². The van der Waals surface area contributed by atoms with E-state index >= 15 is 0 Å². The third-order valence-electron chi connectivity index (χ3n) is 4.43. The molecule has 1 atom stereocenters. The van der Waals surface area contributed by atoms with E-state index in [0.29, 0.717) is 29.4 Å². The van der Waals surface area contributed by atoms with Gasteiger partial charge >= 0.3 is 11.9 Å². The average molecular weight is 362 g/mol. The fourth-order valence-electron chi connectivity index (χ4n) is 3.04. The summed E-state index contributed by atoms with van der Waals surface area (Å²) in [6.07, 6.45) is 2.30. The second kappa shape index (κ2) is 7.41. The molecule has 1 aromatic rings. The third kappa shape index (κ3) is 3.62. The van der Waals surface area contributed by atoms with Crippen molar-refractivity contribution in [1.82, 2.24) is 10.6 Å². The third-order valence-corrected chi connectivity index (χ3v) is 5.37. The molecule has 2 heterocycles. The second-order valence-electron chi connectivity index (χ2n) is 6.14. The maximum Gasteiger partial charge on any atom is 0.336 e. The summed E-state index contributed by atoms with van der Waals surface area (Å²) >= 11 is 1.50. The summed E-state index contributed by atoms with van der Waals surface area (Å²) in [4.78, 5) is 25.9. The van der Waals surface area contributed by atoms with E-state index in [1.165, 1.54) is 25.6 Å². The van der Waals surface area contributed by atoms with Crippen LogP contribution in [0.3, 0.4) is 0 Å². The van der Waals surface area contributed by atoms with Gasteiger partial charge in [0.1, 0.15) is 0 Å². The summed E-state index contributed by atoms with van der Waals surface area (Å²) in [6.45, 7) is 2.36. The van der Waals surface area contributed by atoms with Gasteiger partial charge in [-0.2, -0.15) is 0 Å². The first-order valence-corrected chi connectivity index (χ1v) is 9.09. The average Bonchev–Trinajstić information content (AvgIpc) is 3.29. The molecule has 0 radical (unpaired) electrons. The summed E-state index contributed by atoms with van der Waals surface area (Å²) in [5.74, 6) is -1.37. The molecule has 1 aliphatic carbocycles. The van der Waals surface area contributed by atoms with Crippen LogP contribution in [0.1, 0.15) is 30.6 Å². The van der Waals surface area contributed by atoms with E-state index in [1.54, 1.807) is 0 Å². The Hall–Kier alpha value is -2.12. The van der Waals surface area contributed by atoms with Crippen molar-refractivity contribution in [3.63, 3.8) is 0 Å². The van der Waals surface area contributed by atoms with Crippen molar-refractivity contribution in [1.29, 1.82) is 0 Å². The topological polar surface area (TPSA) is 76.7 Å². The van der Waals surface area contributed by atoms with Gasteiger partial charge in [0.15, 0.2) is 0 Å². The van der Waals surface area contributed by atoms with Crippen molar-refractivity contribution < 1.29 is 19.1 Å². The van der Waals surface area contributed by atoms with Crippen LogP contribution in [0, 0.1) is 0 Å². The van der Waals surface area contributed by atoms with Gasteiger partial charge in [-0.25, -0.2) is 9.59 Å². The minimum absolute atomic E-state index is 0.438. The number of hydrogen-bond donors (Lipinski definition) is 2. The number of carbonyl (C=O) groups excluding carboxylic acids is 2. The number of esters is 2. The van der Waals surface area contributed by atoms with Crippen LogP contribution in [0.4, 0.5) is 0 Å². The Labute approximate surface area is 150 Å². The number of nitrogens with one attached hydrogen (secondary N) is 2. The van der Waals surface area contributed by atoms with E-state index in [0.717, 1.165) is 23.4 Å². The number of hydrogen-bond acceptors (Lipinski definition) is 7. The monoisotopic (exact) mass is 362 g/mol. The Bertz CT molecular complexity index is 732. The zero-order valence-corrected chi connectivity index (χ0v) is 15.4. The molecule has 3 rings (SSSR count). The van der Waals surface area contributed by atoms with Crippen LogP contribution in [-0.4, -0.2) is 38.7 Å². The normalized spacial score (nSPS) is 20.4. The molecule has 1 fully saturated rings. The van der Waals surface area contributed by atoms with E-state index in [-0.39, 0.29) is 0 Å². The molecule has 25 heavy (non-hydrogen) atoms. The van der Waals surface area contributed by atoms with Crippen LogP contribution in [0.25, 0.3) is 0 Å². The van der Waals surface area contributed by atoms with E-state index in [9.17, 15) is 9.59 Å². The van der Waals surface area contributed by atoms with Gasteiger partial charge in [-0.15, -0.1) is 11.3 Å². The number of ether oxygens (including phenoxy) is 2. The molecule has 1 aliphatic heterocycles. The maximum absolute atomic E-state index is 12.6. The quantitative estimate of drug-likeness (QED) is 0.755. The zero-order chi connectivity index (χ0) is 18.0. The number of dihydropyridines is 1. The zero-order valence-electron chi connectivity index (χ0n) is 14.5. The maximum atomic E-state index is 12.6. The molecule has 6 nitrogen and oxygen atoms in total. The molecular weight excluding hydrogens is 340 g/mol. The van der Waals surface area contributed by atoms with Gasteiger partial charge in [-0.3, -0.25) is 0 Å². The summed E-state index contributed by atoms with van der Waals surface area (Å²) in [5.41, 5.74) is 2.36. The number of allylic oxidation sites excluding steroid dienone is 1. The predicted molar refractivity (Wildman–Crippen MR) is 95.0 cm³/mol. The van der Waals surface area contributed by atoms with Gasteiger partial charge in [0.25, 0.3) is 0 Å². The molecular formula is C18H22N2O4S. The molecule has 134 valence electrons. The van der Waals surface area contributed by atoms with Gasteiger partial charge in [0.2, 0.25) is 0 Å². The molecule has 0 aromatic carbocycles. The van der Waals surface area contributed by atoms with E-state index in [4.69, 9.17) is 9.47 Å². The number of carbonyl (C=O) groups is 2. The van der Waals surface area contributed by atoms with Gasteiger partial charge in [-0.05, 0) is 31.2 Å². The smallest absolute Gasteiger partial charge is 0.336 e. The molecule has 1 aromatic heterocycles. The minimum atomic E-state index is -0.489. The fraction of sp³-hybridized carbons (Fsp3) is 0.444. The lowest BCUT2D eigenvalue weighted by Gasteiger charge is -2.30. The van der Waals surface area contributed by atoms with Crippen LogP contribution in [-0.2, 0) is 19.1 Å². The molecule has 7 heteroatoms. The SMILES string of the molecule is COC(=O)C1=C(C)NC(CNC2CC2)=C(C(=O)OC)C1c1cccs1. The first-order chi connectivity index (χ1) is 12.1. The highest BCUT2D eigenvalue weighted by Gasteiger charge is 2.39. The molecule has 2 aliphatic rings. The summed E-state index contributed by atoms with van der Waals surface area (Å²) < 4.78 is 10.0. The summed E-state index contributed by atoms with van der Waals surface area (Å²) in [5, 5.41) is 8.57. The minimum Gasteiger partial charge on any atom is -0.466 e. The largest absolute Gasteiger partial charge is 0.466 e. The highest BCUT2D eigenvalue weighted by atomic mass is 32.1. The molecule has 0 bridgehead atoms. The van der Waals surface area contributed by atoms with Crippen molar-refractivity contribution in [2.24, 2.45) is 0 Å². The van der Waals surface area contributed by atoms with Crippen LogP contribution in [0.5, 0.6) is 0 Å². The van der Waals surface area contributed by atoms with Gasteiger partial charge < -0.3 is 20.1 Å². The van der Waals surface area contributed by atoms with Crippen LogP contribution < -0.4 is 10.6 Å². The number of methoxy groups -OCH3 is 2. The standard InChI is InChI=1S/C18H22N2O4S/c1-10-14(17(21)23-2)16(13-5-4-8-25-13)15(18(22)24-3)12(20-10)9-19-11-6-7-11/h4-5,8,11,16,19-20H,6-7,9H2,1-3H3. The highest BCUT2D eigenvalue weighted by Crippen LogP contribution is 2.41. The summed E-state index contributed by atoms with van der Waals surface area (Å²) in [7, 11) is 2.70. The van der Waals surface area contributed by atoms with Crippen LogP contribution in [0.2, 0.25) is 0 Å². The van der Waals surface area contributed by atoms with Crippen LogP contribution in [0.15, 0.2) is 40.1 Å². The number of rotatable bonds is 6.